The van der Waals surface area contributed by atoms with Gasteiger partial charge >= 0.3 is 0 Å². The van der Waals surface area contributed by atoms with Crippen molar-refractivity contribution in [2.24, 2.45) is 0 Å². The third kappa shape index (κ3) is 3.27. The lowest BCUT2D eigenvalue weighted by Crippen LogP contribution is -2.47. The van der Waals surface area contributed by atoms with Gasteiger partial charge in [-0.2, -0.15) is 4.98 Å². The summed E-state index contributed by atoms with van der Waals surface area (Å²) in [5.74, 6) is 1.68. The molecule has 5 rings (SSSR count). The van der Waals surface area contributed by atoms with Crippen LogP contribution in [-0.4, -0.2) is 46.1 Å². The largest absolute Gasteiger partial charge is 0.352 e. The minimum Gasteiger partial charge on any atom is -0.352 e. The zero-order valence-electron chi connectivity index (χ0n) is 15.0. The minimum atomic E-state index is 0.290. The molecule has 4 heterocycles. The highest BCUT2D eigenvalue weighted by atomic mass is 35.5. The number of benzene rings is 1. The number of nitrogens with zero attached hydrogens (tertiary/aromatic N) is 6. The molecule has 0 unspecified atom stereocenters. The van der Waals surface area contributed by atoms with Gasteiger partial charge in [-0.25, -0.2) is 15.0 Å². The van der Waals surface area contributed by atoms with Crippen LogP contribution < -0.4 is 9.80 Å². The number of hydrogen-bond donors (Lipinski definition) is 0. The van der Waals surface area contributed by atoms with Gasteiger partial charge in [0.05, 0.1) is 5.39 Å². The third-order valence-electron chi connectivity index (χ3n) is 4.82. The van der Waals surface area contributed by atoms with Crippen LogP contribution in [0.3, 0.4) is 0 Å². The summed E-state index contributed by atoms with van der Waals surface area (Å²) in [5, 5.41) is 1.34. The number of piperazine rings is 1. The Morgan fingerprint density at radius 3 is 2.32 bits per heavy atom. The molecule has 4 aromatic rings. The molecule has 1 aliphatic heterocycles. The van der Waals surface area contributed by atoms with E-state index in [1.807, 2.05) is 24.3 Å². The molecule has 8 heteroatoms. The fourth-order valence-corrected chi connectivity index (χ4v) is 4.69. The van der Waals surface area contributed by atoms with Crippen molar-refractivity contribution in [3.8, 4) is 10.4 Å². The van der Waals surface area contributed by atoms with Crippen molar-refractivity contribution in [2.45, 2.75) is 0 Å². The summed E-state index contributed by atoms with van der Waals surface area (Å²) in [6, 6.07) is 14.3. The Morgan fingerprint density at radius 2 is 1.57 bits per heavy atom. The number of anilines is 2. The van der Waals surface area contributed by atoms with Gasteiger partial charge in [-0.15, -0.1) is 11.3 Å². The molecule has 1 aliphatic rings. The van der Waals surface area contributed by atoms with Crippen LogP contribution in [0, 0.1) is 0 Å². The average molecular weight is 409 g/mol. The Bertz CT molecular complexity index is 1090. The van der Waals surface area contributed by atoms with Crippen molar-refractivity contribution in [1.82, 2.24) is 19.9 Å². The molecule has 1 aromatic carbocycles. The van der Waals surface area contributed by atoms with Gasteiger partial charge in [0.15, 0.2) is 0 Å². The van der Waals surface area contributed by atoms with Crippen LogP contribution in [0.1, 0.15) is 0 Å². The molecule has 6 nitrogen and oxygen atoms in total. The summed E-state index contributed by atoms with van der Waals surface area (Å²) in [6.07, 6.45) is 3.55. The number of halogens is 1. The summed E-state index contributed by atoms with van der Waals surface area (Å²) in [7, 11) is 0. The molecular weight excluding hydrogens is 392 g/mol. The number of thiophene rings is 1. The highest BCUT2D eigenvalue weighted by Gasteiger charge is 2.23. The highest BCUT2D eigenvalue weighted by Crippen LogP contribution is 2.37. The molecule has 0 radical (unpaired) electrons. The molecule has 0 aliphatic carbocycles. The first-order chi connectivity index (χ1) is 13.8. The van der Waals surface area contributed by atoms with Crippen LogP contribution in [0.25, 0.3) is 20.7 Å². The Hall–Kier alpha value is -2.77. The van der Waals surface area contributed by atoms with Crippen molar-refractivity contribution in [3.63, 3.8) is 0 Å². The Kier molecular flexibility index (Phi) is 4.54. The van der Waals surface area contributed by atoms with E-state index >= 15 is 0 Å². The lowest BCUT2D eigenvalue weighted by atomic mass is 10.2. The predicted molar refractivity (Wildman–Crippen MR) is 114 cm³/mol. The van der Waals surface area contributed by atoms with Crippen molar-refractivity contribution in [1.29, 1.82) is 0 Å². The Morgan fingerprint density at radius 1 is 0.857 bits per heavy atom. The lowest BCUT2D eigenvalue weighted by molar-refractivity contribution is 0.636. The van der Waals surface area contributed by atoms with Crippen LogP contribution in [0.5, 0.6) is 0 Å². The van der Waals surface area contributed by atoms with Crippen molar-refractivity contribution in [3.05, 3.63) is 60.1 Å². The maximum Gasteiger partial charge on any atom is 0.225 e. The van der Waals surface area contributed by atoms with E-state index < -0.39 is 0 Å². The molecule has 1 fully saturated rings. The van der Waals surface area contributed by atoms with E-state index in [2.05, 4.69) is 47.9 Å². The molecule has 0 N–H and O–H groups in total. The van der Waals surface area contributed by atoms with Gasteiger partial charge in [0, 0.05) is 43.4 Å². The number of aromatic nitrogens is 4. The number of rotatable bonds is 3. The Labute approximate surface area is 171 Å². The van der Waals surface area contributed by atoms with E-state index in [9.17, 15) is 0 Å². The van der Waals surface area contributed by atoms with E-state index in [-0.39, 0.29) is 5.28 Å². The van der Waals surface area contributed by atoms with E-state index in [1.165, 1.54) is 10.4 Å². The fourth-order valence-electron chi connectivity index (χ4n) is 3.44. The Balaban J connectivity index is 1.45. The van der Waals surface area contributed by atoms with Crippen LogP contribution in [0.4, 0.5) is 11.8 Å². The third-order valence-corrected chi connectivity index (χ3v) is 6.06. The zero-order valence-corrected chi connectivity index (χ0v) is 16.6. The summed E-state index contributed by atoms with van der Waals surface area (Å²) in [6.45, 7) is 3.33. The molecule has 140 valence electrons. The smallest absolute Gasteiger partial charge is 0.225 e. The van der Waals surface area contributed by atoms with E-state index in [4.69, 9.17) is 11.6 Å². The molecule has 0 amide bonds. The van der Waals surface area contributed by atoms with Crippen molar-refractivity contribution >= 4 is 44.9 Å². The van der Waals surface area contributed by atoms with Gasteiger partial charge in [0.25, 0.3) is 0 Å². The maximum absolute atomic E-state index is 6.25. The van der Waals surface area contributed by atoms with E-state index in [1.54, 1.807) is 23.7 Å². The second kappa shape index (κ2) is 7.33. The monoisotopic (exact) mass is 408 g/mol. The maximum atomic E-state index is 6.25. The average Bonchev–Trinajstić information content (AvgIpc) is 3.18. The second-order valence-electron chi connectivity index (χ2n) is 6.53. The number of hydrogen-bond acceptors (Lipinski definition) is 7. The number of fused-ring (bicyclic) bond motifs is 1. The summed E-state index contributed by atoms with van der Waals surface area (Å²) >= 11 is 7.90. The first-order valence-corrected chi connectivity index (χ1v) is 10.3. The zero-order chi connectivity index (χ0) is 18.9. The molecule has 3 aromatic heterocycles. The fraction of sp³-hybridized carbons (Fsp3) is 0.200. The highest BCUT2D eigenvalue weighted by molar-refractivity contribution is 7.22. The minimum absolute atomic E-state index is 0.290. The second-order valence-corrected chi connectivity index (χ2v) is 7.90. The normalized spacial score (nSPS) is 14.6. The van der Waals surface area contributed by atoms with Crippen LogP contribution in [0.2, 0.25) is 5.28 Å². The SMILES string of the molecule is Clc1nc(N2CCN(c3ncccn3)CC2)c2cc(-c3ccccc3)sc2n1. The summed E-state index contributed by atoms with van der Waals surface area (Å²) in [4.78, 5) is 24.3. The van der Waals surface area contributed by atoms with Gasteiger partial charge in [-0.3, -0.25) is 0 Å². The van der Waals surface area contributed by atoms with Crippen LogP contribution >= 0.6 is 22.9 Å². The summed E-state index contributed by atoms with van der Waals surface area (Å²) < 4.78 is 0. The first kappa shape index (κ1) is 17.3. The van der Waals surface area contributed by atoms with Crippen LogP contribution in [0.15, 0.2) is 54.9 Å². The van der Waals surface area contributed by atoms with Gasteiger partial charge < -0.3 is 9.80 Å². The van der Waals surface area contributed by atoms with E-state index in [0.29, 0.717) is 0 Å². The van der Waals surface area contributed by atoms with Gasteiger partial charge in [-0.05, 0) is 29.3 Å². The van der Waals surface area contributed by atoms with Crippen molar-refractivity contribution < 1.29 is 0 Å². The topological polar surface area (TPSA) is 58.0 Å². The molecule has 28 heavy (non-hydrogen) atoms. The molecule has 0 spiro atoms. The van der Waals surface area contributed by atoms with E-state index in [0.717, 1.165) is 48.2 Å². The molecule has 0 bridgehead atoms. The molecule has 0 atom stereocenters. The summed E-state index contributed by atoms with van der Waals surface area (Å²) in [5.41, 5.74) is 1.18. The first-order valence-electron chi connectivity index (χ1n) is 9.07. The quantitative estimate of drug-likeness (QED) is 0.475. The molecular formula is C20H17ClN6S. The standard InChI is InChI=1S/C20H17ClN6S/c21-19-24-17(26-9-11-27(12-10-26)20-22-7-4-8-23-20)15-13-16(28-18(15)25-19)14-5-2-1-3-6-14/h1-8,13H,9-12H2. The molecule has 1 saturated heterocycles. The van der Waals surface area contributed by atoms with Crippen LogP contribution in [-0.2, 0) is 0 Å². The van der Waals surface area contributed by atoms with Crippen molar-refractivity contribution in [2.75, 3.05) is 36.0 Å². The predicted octanol–water partition coefficient (Wildman–Crippen LogP) is 4.13. The lowest BCUT2D eigenvalue weighted by Gasteiger charge is -2.35. The van der Waals surface area contributed by atoms with Gasteiger partial charge in [0.2, 0.25) is 11.2 Å². The van der Waals surface area contributed by atoms with Gasteiger partial charge in [-0.1, -0.05) is 30.3 Å². The molecule has 0 saturated carbocycles. The van der Waals surface area contributed by atoms with Gasteiger partial charge in [0.1, 0.15) is 10.6 Å².